The Labute approximate surface area is 287 Å². The van der Waals surface area contributed by atoms with Crippen molar-refractivity contribution in [3.05, 3.63) is 102 Å². The Hall–Kier alpha value is -5.09. The van der Waals surface area contributed by atoms with Gasteiger partial charge < -0.3 is 25.2 Å². The first kappa shape index (κ1) is 35.2. The van der Waals surface area contributed by atoms with Crippen molar-refractivity contribution in [2.75, 3.05) is 13.2 Å². The number of rotatable bonds is 17. The van der Waals surface area contributed by atoms with Crippen LogP contribution in [0.25, 0.3) is 22.5 Å². The number of hydrogen-bond acceptors (Lipinski definition) is 8. The number of alkyl carbamates (subject to hydrolysis) is 1. The summed E-state index contributed by atoms with van der Waals surface area (Å²) in [6, 6.07) is 23.1. The molecule has 1 amide bonds. The Morgan fingerprint density at radius 3 is 2.22 bits per heavy atom. The third-order valence-electron chi connectivity index (χ3n) is 8.68. The number of nitrogens with zero attached hydrogens (tertiary/aromatic N) is 2. The highest BCUT2D eigenvalue weighted by Crippen LogP contribution is 2.24. The predicted molar refractivity (Wildman–Crippen MR) is 187 cm³/mol. The number of ketones is 1. The maximum atomic E-state index is 13.5. The van der Waals surface area contributed by atoms with Gasteiger partial charge in [0.05, 0.1) is 24.6 Å². The number of aliphatic carboxylic acids is 1. The van der Waals surface area contributed by atoms with Crippen molar-refractivity contribution in [2.24, 2.45) is 5.92 Å². The van der Waals surface area contributed by atoms with Crippen LogP contribution < -0.4 is 15.4 Å². The first-order valence-corrected chi connectivity index (χ1v) is 17.0. The molecule has 2 heterocycles. The zero-order valence-corrected chi connectivity index (χ0v) is 27.8. The minimum atomic E-state index is -0.952. The molecule has 1 aliphatic rings. The fraction of sp³-hybridized carbons (Fsp3) is 0.359. The van der Waals surface area contributed by atoms with E-state index in [1.165, 1.54) is 25.7 Å². The monoisotopic (exact) mass is 664 g/mol. The van der Waals surface area contributed by atoms with Gasteiger partial charge in [0, 0.05) is 30.1 Å². The molecule has 3 aromatic carbocycles. The molecule has 4 aromatic rings. The van der Waals surface area contributed by atoms with Crippen LogP contribution in [-0.4, -0.2) is 58.2 Å². The Kier molecular flexibility index (Phi) is 12.9. The van der Waals surface area contributed by atoms with Gasteiger partial charge in [0.1, 0.15) is 12.4 Å². The molecule has 10 nitrogen and oxygen atoms in total. The Morgan fingerprint density at radius 1 is 0.857 bits per heavy atom. The van der Waals surface area contributed by atoms with E-state index in [2.05, 4.69) is 27.5 Å². The fourth-order valence-electron chi connectivity index (χ4n) is 5.80. The molecule has 1 aliphatic heterocycles. The highest BCUT2D eigenvalue weighted by atomic mass is 16.5. The van der Waals surface area contributed by atoms with Gasteiger partial charge in [-0.2, -0.15) is 0 Å². The van der Waals surface area contributed by atoms with Crippen LogP contribution in [0, 0.1) is 5.92 Å². The molecule has 10 heteroatoms. The number of carbonyl (C=O) groups excluding carboxylic acids is 2. The highest BCUT2D eigenvalue weighted by molar-refractivity contribution is 5.92. The van der Waals surface area contributed by atoms with Crippen LogP contribution in [0.2, 0.25) is 0 Å². The minimum Gasteiger partial charge on any atom is -0.494 e. The second-order valence-electron chi connectivity index (χ2n) is 12.4. The SMILES string of the molecule is CCCCCCCOc1ccc(-c2cnc(-c3ccc(C[C@H](NC(=O)OCc4ccccc4)C(=O)C4CC(C(=O)O)CN4)cc3)nc2)cc1. The number of aromatic nitrogens is 2. The van der Waals surface area contributed by atoms with Crippen molar-refractivity contribution in [1.82, 2.24) is 20.6 Å². The maximum absolute atomic E-state index is 13.5. The normalized spacial score (nSPS) is 16.1. The lowest BCUT2D eigenvalue weighted by Gasteiger charge is -2.21. The van der Waals surface area contributed by atoms with Crippen LogP contribution in [0.4, 0.5) is 4.79 Å². The molecule has 3 atom stereocenters. The second kappa shape index (κ2) is 17.9. The zero-order chi connectivity index (χ0) is 34.4. The van der Waals surface area contributed by atoms with Crippen LogP contribution in [-0.2, 0) is 27.4 Å². The number of benzene rings is 3. The molecule has 49 heavy (non-hydrogen) atoms. The average molecular weight is 665 g/mol. The van der Waals surface area contributed by atoms with Gasteiger partial charge in [0.2, 0.25) is 0 Å². The zero-order valence-electron chi connectivity index (χ0n) is 27.8. The first-order chi connectivity index (χ1) is 23.9. The minimum absolute atomic E-state index is 0.0584. The summed E-state index contributed by atoms with van der Waals surface area (Å²) >= 11 is 0. The van der Waals surface area contributed by atoms with E-state index in [0.29, 0.717) is 5.82 Å². The van der Waals surface area contributed by atoms with Crippen LogP contribution in [0.3, 0.4) is 0 Å². The number of unbranched alkanes of at least 4 members (excludes halogenated alkanes) is 4. The number of amides is 1. The molecule has 1 aromatic heterocycles. The van der Waals surface area contributed by atoms with Gasteiger partial charge in [0.25, 0.3) is 0 Å². The third-order valence-corrected chi connectivity index (χ3v) is 8.68. The van der Waals surface area contributed by atoms with Gasteiger partial charge in [-0.3, -0.25) is 9.59 Å². The van der Waals surface area contributed by atoms with Crippen molar-refractivity contribution in [3.8, 4) is 28.3 Å². The average Bonchev–Trinajstić information content (AvgIpc) is 3.64. The lowest BCUT2D eigenvalue weighted by atomic mass is 9.94. The van der Waals surface area contributed by atoms with Crippen LogP contribution >= 0.6 is 0 Å². The topological polar surface area (TPSA) is 140 Å². The molecule has 0 radical (unpaired) electrons. The smallest absolute Gasteiger partial charge is 0.408 e. The molecule has 2 unspecified atom stereocenters. The van der Waals surface area contributed by atoms with E-state index in [1.54, 1.807) is 12.4 Å². The van der Waals surface area contributed by atoms with Gasteiger partial charge in [-0.15, -0.1) is 0 Å². The third kappa shape index (κ3) is 10.4. The summed E-state index contributed by atoms with van der Waals surface area (Å²) in [6.07, 6.45) is 9.23. The van der Waals surface area contributed by atoms with E-state index >= 15 is 0 Å². The lowest BCUT2D eigenvalue weighted by Crippen LogP contribution is -2.49. The predicted octanol–water partition coefficient (Wildman–Crippen LogP) is 6.63. The summed E-state index contributed by atoms with van der Waals surface area (Å²) in [5, 5.41) is 15.1. The van der Waals surface area contributed by atoms with Crippen LogP contribution in [0.1, 0.15) is 56.6 Å². The van der Waals surface area contributed by atoms with Crippen LogP contribution in [0.5, 0.6) is 5.75 Å². The fourth-order valence-corrected chi connectivity index (χ4v) is 5.80. The van der Waals surface area contributed by atoms with Crippen molar-refractivity contribution in [1.29, 1.82) is 0 Å². The summed E-state index contributed by atoms with van der Waals surface area (Å²) in [5.41, 5.74) is 4.31. The molecule has 0 spiro atoms. The number of hydrogen-bond donors (Lipinski definition) is 3. The second-order valence-corrected chi connectivity index (χ2v) is 12.4. The van der Waals surface area contributed by atoms with Gasteiger partial charge >= 0.3 is 12.1 Å². The summed E-state index contributed by atoms with van der Waals surface area (Å²) in [7, 11) is 0. The number of carboxylic acid groups (broad SMARTS) is 1. The number of carboxylic acids is 1. The van der Waals surface area contributed by atoms with Crippen LogP contribution in [0.15, 0.2) is 91.3 Å². The molecular weight excluding hydrogens is 620 g/mol. The lowest BCUT2D eigenvalue weighted by molar-refractivity contribution is -0.141. The molecule has 1 saturated heterocycles. The van der Waals surface area contributed by atoms with E-state index in [9.17, 15) is 19.5 Å². The summed E-state index contributed by atoms with van der Waals surface area (Å²) < 4.78 is 11.3. The number of Topliss-reactive ketones (excluding diaryl/α,β-unsaturated/α-hetero) is 1. The number of carbonyl (C=O) groups is 3. The number of nitrogens with one attached hydrogen (secondary N) is 2. The Bertz CT molecular complexity index is 1650. The van der Waals surface area contributed by atoms with Gasteiger partial charge in [0.15, 0.2) is 11.6 Å². The largest absolute Gasteiger partial charge is 0.494 e. The van der Waals surface area contributed by atoms with Crippen molar-refractivity contribution in [3.63, 3.8) is 0 Å². The van der Waals surface area contributed by atoms with E-state index in [-0.39, 0.29) is 31.8 Å². The Balaban J connectivity index is 1.19. The van der Waals surface area contributed by atoms with E-state index in [1.807, 2.05) is 78.9 Å². The highest BCUT2D eigenvalue weighted by Gasteiger charge is 2.37. The molecule has 3 N–H and O–H groups in total. The molecule has 0 aliphatic carbocycles. The van der Waals surface area contributed by atoms with E-state index in [4.69, 9.17) is 9.47 Å². The summed E-state index contributed by atoms with van der Waals surface area (Å²) in [4.78, 5) is 46.9. The van der Waals surface area contributed by atoms with E-state index < -0.39 is 30.1 Å². The van der Waals surface area contributed by atoms with Crippen molar-refractivity contribution in [2.45, 2.75) is 70.6 Å². The molecular formula is C39H44N4O6. The maximum Gasteiger partial charge on any atom is 0.408 e. The summed E-state index contributed by atoms with van der Waals surface area (Å²) in [5.74, 6) is -0.488. The van der Waals surface area contributed by atoms with E-state index in [0.717, 1.165) is 46.6 Å². The molecule has 0 bridgehead atoms. The molecule has 0 saturated carbocycles. The quantitative estimate of drug-likeness (QED) is 0.106. The Morgan fingerprint density at radius 2 is 1.55 bits per heavy atom. The molecule has 5 rings (SSSR count). The van der Waals surface area contributed by atoms with Gasteiger partial charge in [-0.1, -0.05) is 99.3 Å². The van der Waals surface area contributed by atoms with Crippen molar-refractivity contribution < 1.29 is 29.0 Å². The van der Waals surface area contributed by atoms with Gasteiger partial charge in [-0.05, 0) is 48.1 Å². The molecule has 1 fully saturated rings. The van der Waals surface area contributed by atoms with Crippen molar-refractivity contribution >= 4 is 17.8 Å². The first-order valence-electron chi connectivity index (χ1n) is 17.0. The summed E-state index contributed by atoms with van der Waals surface area (Å²) in [6.45, 7) is 3.19. The number of ether oxygens (including phenoxy) is 2. The molecule has 256 valence electrons. The standard InChI is InChI=1S/C39H44N4O6/c1-2-3-4-5-9-20-48-33-18-16-29(17-19-33)32-24-41-37(42-25-32)30-14-12-27(13-15-30)21-35(36(44)34-22-31(23-40-34)38(45)46)43-39(47)49-26-28-10-7-6-8-11-28/h6-8,10-19,24-25,31,34-35,40H,2-5,9,20-23,26H2,1H3,(H,43,47)(H,45,46)/t31?,34?,35-/m0/s1. The van der Waals surface area contributed by atoms with Gasteiger partial charge in [-0.25, -0.2) is 14.8 Å².